The number of nitrogens with zero attached hydrogens (tertiary/aromatic N) is 1. The van der Waals surface area contributed by atoms with Crippen molar-refractivity contribution >= 4 is 18.1 Å². The van der Waals surface area contributed by atoms with Gasteiger partial charge in [0.1, 0.15) is 0 Å². The highest BCUT2D eigenvalue weighted by Crippen LogP contribution is 2.29. The van der Waals surface area contributed by atoms with Crippen LogP contribution < -0.4 is 0 Å². The van der Waals surface area contributed by atoms with E-state index in [4.69, 9.17) is 5.41 Å². The Morgan fingerprint density at radius 2 is 1.76 bits per heavy atom. The van der Waals surface area contributed by atoms with Crippen LogP contribution in [0.3, 0.4) is 0 Å². The molecule has 0 spiro atoms. The predicted molar refractivity (Wildman–Crippen MR) is 77.6 cm³/mol. The lowest BCUT2D eigenvalue weighted by Crippen LogP contribution is -2.09. The third-order valence-corrected chi connectivity index (χ3v) is 3.04. The highest BCUT2D eigenvalue weighted by Gasteiger charge is 2.30. The van der Waals surface area contributed by atoms with Gasteiger partial charge >= 0.3 is 6.18 Å². The molecule has 1 N–H and O–H groups in total. The Hall–Kier alpha value is -2.43. The van der Waals surface area contributed by atoms with Crippen LogP contribution in [-0.4, -0.2) is 12.4 Å². The zero-order chi connectivity index (χ0) is 15.5. The van der Waals surface area contributed by atoms with Crippen LogP contribution in [0.2, 0.25) is 0 Å². The van der Waals surface area contributed by atoms with E-state index in [-0.39, 0.29) is 17.7 Å². The van der Waals surface area contributed by atoms with Crippen LogP contribution in [-0.2, 0) is 12.6 Å². The third-order valence-electron chi connectivity index (χ3n) is 3.04. The topological polar surface area (TPSA) is 36.2 Å². The van der Waals surface area contributed by atoms with Gasteiger partial charge in [-0.1, -0.05) is 24.3 Å². The Bertz CT molecular complexity index is 658. The van der Waals surface area contributed by atoms with Crippen LogP contribution in [0.25, 0.3) is 0 Å². The number of hydrogen-bond donors (Lipinski definition) is 1. The molecule has 0 saturated heterocycles. The Morgan fingerprint density at radius 3 is 2.33 bits per heavy atom. The predicted octanol–water partition coefficient (Wildman–Crippen LogP) is 4.65. The van der Waals surface area contributed by atoms with Gasteiger partial charge in [0.05, 0.1) is 11.3 Å². The van der Waals surface area contributed by atoms with Gasteiger partial charge in [-0.05, 0) is 42.1 Å². The number of hydrogen-bond acceptors (Lipinski definition) is 2. The molecule has 0 saturated carbocycles. The molecule has 0 radical (unpaired) electrons. The summed E-state index contributed by atoms with van der Waals surface area (Å²) in [7, 11) is 0. The van der Waals surface area contributed by atoms with Crippen molar-refractivity contribution < 1.29 is 13.2 Å². The standard InChI is InChI=1S/C16H13F3N2/c1-21-14-7-5-11(6-8-14)9-15(20)12-3-2-4-13(10-12)16(17,18)19/h2-8,10,20H,1,9H2. The Labute approximate surface area is 120 Å². The van der Waals surface area contributed by atoms with E-state index in [0.717, 1.165) is 17.7 Å². The Morgan fingerprint density at radius 1 is 1.10 bits per heavy atom. The van der Waals surface area contributed by atoms with E-state index in [9.17, 15) is 13.2 Å². The van der Waals surface area contributed by atoms with Gasteiger partial charge < -0.3 is 5.41 Å². The van der Waals surface area contributed by atoms with Gasteiger partial charge in [-0.3, -0.25) is 4.99 Å². The number of rotatable bonds is 4. The van der Waals surface area contributed by atoms with Crippen molar-refractivity contribution in [2.75, 3.05) is 0 Å². The maximum absolute atomic E-state index is 12.7. The lowest BCUT2D eigenvalue weighted by Gasteiger charge is -2.10. The molecule has 0 atom stereocenters. The summed E-state index contributed by atoms with van der Waals surface area (Å²) in [5.74, 6) is 0. The second-order valence-corrected chi connectivity index (χ2v) is 4.56. The highest BCUT2D eigenvalue weighted by molar-refractivity contribution is 5.99. The van der Waals surface area contributed by atoms with Gasteiger partial charge in [0.25, 0.3) is 0 Å². The molecule has 2 aromatic rings. The Kier molecular flexibility index (Phi) is 4.21. The molecule has 0 aliphatic rings. The molecule has 0 aromatic heterocycles. The van der Waals surface area contributed by atoms with Crippen molar-refractivity contribution in [1.29, 1.82) is 5.41 Å². The average Bonchev–Trinajstić information content (AvgIpc) is 2.47. The first-order valence-electron chi connectivity index (χ1n) is 6.21. The fourth-order valence-corrected chi connectivity index (χ4v) is 1.91. The fraction of sp³-hybridized carbons (Fsp3) is 0.125. The maximum atomic E-state index is 12.7. The first-order chi connectivity index (χ1) is 9.90. The molecule has 5 heteroatoms. The zero-order valence-electron chi connectivity index (χ0n) is 11.1. The largest absolute Gasteiger partial charge is 0.416 e. The molecule has 0 fully saturated rings. The van der Waals surface area contributed by atoms with Gasteiger partial charge in [-0.2, -0.15) is 13.2 Å². The number of alkyl halides is 3. The third kappa shape index (κ3) is 3.78. The van der Waals surface area contributed by atoms with E-state index in [1.165, 1.54) is 12.1 Å². The summed E-state index contributed by atoms with van der Waals surface area (Å²) in [6.45, 7) is 3.40. The summed E-state index contributed by atoms with van der Waals surface area (Å²) < 4.78 is 38.0. The van der Waals surface area contributed by atoms with Crippen LogP contribution in [0.15, 0.2) is 53.5 Å². The van der Waals surface area contributed by atoms with E-state index in [1.54, 1.807) is 24.3 Å². The number of benzene rings is 2. The zero-order valence-corrected chi connectivity index (χ0v) is 11.1. The van der Waals surface area contributed by atoms with Crippen molar-refractivity contribution in [3.05, 3.63) is 65.2 Å². The van der Waals surface area contributed by atoms with E-state index >= 15 is 0 Å². The lowest BCUT2D eigenvalue weighted by molar-refractivity contribution is -0.137. The van der Waals surface area contributed by atoms with E-state index in [2.05, 4.69) is 11.7 Å². The van der Waals surface area contributed by atoms with Crippen molar-refractivity contribution in [3.63, 3.8) is 0 Å². The molecule has 108 valence electrons. The van der Waals surface area contributed by atoms with Gasteiger partial charge in [0, 0.05) is 12.1 Å². The maximum Gasteiger partial charge on any atom is 0.416 e. The molecule has 21 heavy (non-hydrogen) atoms. The molecule has 0 aliphatic heterocycles. The van der Waals surface area contributed by atoms with Gasteiger partial charge in [0.2, 0.25) is 0 Å². The van der Waals surface area contributed by atoms with Crippen molar-refractivity contribution in [1.82, 2.24) is 0 Å². The summed E-state index contributed by atoms with van der Waals surface area (Å²) >= 11 is 0. The van der Waals surface area contributed by atoms with Crippen LogP contribution >= 0.6 is 0 Å². The normalized spacial score (nSPS) is 11.2. The fourth-order valence-electron chi connectivity index (χ4n) is 1.91. The minimum Gasteiger partial charge on any atom is -0.304 e. The second kappa shape index (κ2) is 5.91. The van der Waals surface area contributed by atoms with Crippen LogP contribution in [0, 0.1) is 5.41 Å². The Balaban J connectivity index is 2.18. The average molecular weight is 290 g/mol. The molecule has 2 rings (SSSR count). The first kappa shape index (κ1) is 15.0. The molecule has 0 unspecified atom stereocenters. The quantitative estimate of drug-likeness (QED) is 0.796. The smallest absolute Gasteiger partial charge is 0.304 e. The summed E-state index contributed by atoms with van der Waals surface area (Å²) in [4.78, 5) is 3.76. The van der Waals surface area contributed by atoms with Gasteiger partial charge in [-0.25, -0.2) is 0 Å². The number of halogens is 3. The van der Waals surface area contributed by atoms with Crippen LogP contribution in [0.1, 0.15) is 16.7 Å². The summed E-state index contributed by atoms with van der Waals surface area (Å²) in [5, 5.41) is 7.96. The molecule has 0 amide bonds. The van der Waals surface area contributed by atoms with Gasteiger partial charge in [0.15, 0.2) is 0 Å². The minimum absolute atomic E-state index is 0.139. The van der Waals surface area contributed by atoms with E-state index in [0.29, 0.717) is 5.69 Å². The summed E-state index contributed by atoms with van der Waals surface area (Å²) in [6.07, 6.45) is -4.13. The van der Waals surface area contributed by atoms with Crippen LogP contribution in [0.4, 0.5) is 18.9 Å². The number of nitrogens with one attached hydrogen (secondary N) is 1. The summed E-state index contributed by atoms with van der Waals surface area (Å²) in [6, 6.07) is 11.9. The molecular formula is C16H13F3N2. The SMILES string of the molecule is C=Nc1ccc(CC(=N)c2cccc(C(F)(F)F)c2)cc1. The van der Waals surface area contributed by atoms with E-state index < -0.39 is 11.7 Å². The monoisotopic (exact) mass is 290 g/mol. The second-order valence-electron chi connectivity index (χ2n) is 4.56. The molecule has 0 bridgehead atoms. The summed E-state index contributed by atoms with van der Waals surface area (Å²) in [5.41, 5.74) is 1.22. The highest BCUT2D eigenvalue weighted by atomic mass is 19.4. The minimum atomic E-state index is -4.40. The van der Waals surface area contributed by atoms with Gasteiger partial charge in [-0.15, -0.1) is 0 Å². The van der Waals surface area contributed by atoms with Crippen molar-refractivity contribution in [2.45, 2.75) is 12.6 Å². The number of aliphatic imine (C=N–C) groups is 1. The van der Waals surface area contributed by atoms with Crippen molar-refractivity contribution in [2.24, 2.45) is 4.99 Å². The molecule has 0 aliphatic carbocycles. The lowest BCUT2D eigenvalue weighted by atomic mass is 10.0. The van der Waals surface area contributed by atoms with Crippen molar-refractivity contribution in [3.8, 4) is 0 Å². The molecule has 2 aromatic carbocycles. The molecule has 2 nitrogen and oxygen atoms in total. The molecule has 0 heterocycles. The van der Waals surface area contributed by atoms with Crippen LogP contribution in [0.5, 0.6) is 0 Å². The first-order valence-corrected chi connectivity index (χ1v) is 6.21. The van der Waals surface area contributed by atoms with E-state index in [1.807, 2.05) is 0 Å². The molecular weight excluding hydrogens is 277 g/mol.